The van der Waals surface area contributed by atoms with Crippen molar-refractivity contribution in [1.29, 1.82) is 0 Å². The second-order valence-corrected chi connectivity index (χ2v) is 6.89. The third-order valence-electron chi connectivity index (χ3n) is 5.25. The fourth-order valence-corrected chi connectivity index (χ4v) is 3.91. The van der Waals surface area contributed by atoms with Crippen LogP contribution in [0.4, 0.5) is 0 Å². The van der Waals surface area contributed by atoms with Gasteiger partial charge in [-0.15, -0.1) is 0 Å². The van der Waals surface area contributed by atoms with E-state index in [1.807, 2.05) is 12.1 Å². The molecule has 27 heavy (non-hydrogen) atoms. The highest BCUT2D eigenvalue weighted by atomic mass is 16.6. The van der Waals surface area contributed by atoms with Gasteiger partial charge in [0.2, 0.25) is 11.7 Å². The molecular weight excluding hydrogens is 350 g/mol. The molecule has 1 amide bonds. The van der Waals surface area contributed by atoms with E-state index in [0.29, 0.717) is 43.3 Å². The van der Waals surface area contributed by atoms with E-state index >= 15 is 0 Å². The Morgan fingerprint density at radius 2 is 1.78 bits per heavy atom. The zero-order valence-corrected chi connectivity index (χ0v) is 16.3. The van der Waals surface area contributed by atoms with Gasteiger partial charge in [-0.3, -0.25) is 4.79 Å². The molecule has 0 unspecified atom stereocenters. The van der Waals surface area contributed by atoms with Crippen LogP contribution in [0.15, 0.2) is 12.1 Å². The molecule has 150 valence electrons. The molecule has 1 aliphatic carbocycles. The number of aryl methyl sites for hydroxylation is 1. The fourth-order valence-electron chi connectivity index (χ4n) is 3.91. The van der Waals surface area contributed by atoms with Gasteiger partial charge in [-0.05, 0) is 37.3 Å². The predicted octanol–water partition coefficient (Wildman–Crippen LogP) is 2.10. The van der Waals surface area contributed by atoms with Gasteiger partial charge in [-0.25, -0.2) is 0 Å². The molecule has 0 spiro atoms. The molecule has 0 aromatic heterocycles. The largest absolute Gasteiger partial charge is 0.493 e. The summed E-state index contributed by atoms with van der Waals surface area (Å²) in [5.74, 6) is 1.80. The number of hydrogen-bond acceptors (Lipinski definition) is 6. The number of amides is 1. The molecule has 1 aromatic rings. The number of ether oxygens (including phenoxy) is 5. The molecule has 1 N–H and O–H groups in total. The van der Waals surface area contributed by atoms with E-state index in [1.165, 1.54) is 0 Å². The van der Waals surface area contributed by atoms with Crippen molar-refractivity contribution < 1.29 is 28.5 Å². The topological polar surface area (TPSA) is 75.3 Å². The molecule has 3 rings (SSSR count). The zero-order chi connectivity index (χ0) is 19.2. The minimum atomic E-state index is 0.0343. The quantitative estimate of drug-likeness (QED) is 0.782. The summed E-state index contributed by atoms with van der Waals surface area (Å²) in [4.78, 5) is 12.4. The number of methoxy groups -OCH3 is 3. The van der Waals surface area contributed by atoms with E-state index in [1.54, 1.807) is 21.3 Å². The summed E-state index contributed by atoms with van der Waals surface area (Å²) in [5.41, 5.74) is 0.915. The first-order valence-corrected chi connectivity index (χ1v) is 9.46. The maximum atomic E-state index is 12.4. The Morgan fingerprint density at radius 1 is 1.04 bits per heavy atom. The molecule has 3 atom stereocenters. The van der Waals surface area contributed by atoms with Crippen molar-refractivity contribution in [3.8, 4) is 17.2 Å². The number of benzene rings is 1. The van der Waals surface area contributed by atoms with Crippen LogP contribution in [0.2, 0.25) is 0 Å². The Labute approximate surface area is 160 Å². The van der Waals surface area contributed by atoms with Crippen LogP contribution in [0.1, 0.15) is 31.2 Å². The smallest absolute Gasteiger partial charge is 0.220 e. The summed E-state index contributed by atoms with van der Waals surface area (Å²) in [7, 11) is 4.75. The molecule has 0 bridgehead atoms. The maximum Gasteiger partial charge on any atom is 0.220 e. The SMILES string of the molecule is COc1ccc(CCC(=O)N[C@@H]2CC[C@H]3OCCO[C@@H]3C2)c(OC)c1OC. The van der Waals surface area contributed by atoms with Gasteiger partial charge in [-0.2, -0.15) is 0 Å². The van der Waals surface area contributed by atoms with Gasteiger partial charge in [0.05, 0.1) is 46.8 Å². The van der Waals surface area contributed by atoms with Crippen molar-refractivity contribution in [2.45, 2.75) is 50.4 Å². The lowest BCUT2D eigenvalue weighted by Gasteiger charge is -2.39. The third kappa shape index (κ3) is 4.65. The molecular formula is C20H29NO6. The van der Waals surface area contributed by atoms with Crippen LogP contribution in [0.25, 0.3) is 0 Å². The van der Waals surface area contributed by atoms with Gasteiger partial charge in [0.1, 0.15) is 0 Å². The van der Waals surface area contributed by atoms with Crippen molar-refractivity contribution in [3.05, 3.63) is 17.7 Å². The number of fused-ring (bicyclic) bond motifs is 1. The summed E-state index contributed by atoms with van der Waals surface area (Å²) in [6.45, 7) is 1.31. The van der Waals surface area contributed by atoms with Crippen molar-refractivity contribution in [2.24, 2.45) is 0 Å². The molecule has 7 heteroatoms. The van der Waals surface area contributed by atoms with Crippen LogP contribution in [0, 0.1) is 0 Å². The van der Waals surface area contributed by atoms with E-state index in [9.17, 15) is 4.79 Å². The molecule has 1 saturated carbocycles. The Morgan fingerprint density at radius 3 is 2.48 bits per heavy atom. The summed E-state index contributed by atoms with van der Waals surface area (Å²) in [6.07, 6.45) is 3.90. The average molecular weight is 379 g/mol. The van der Waals surface area contributed by atoms with Gasteiger partial charge in [-0.1, -0.05) is 6.07 Å². The Bertz CT molecular complexity index is 650. The zero-order valence-electron chi connectivity index (χ0n) is 16.3. The predicted molar refractivity (Wildman–Crippen MR) is 99.7 cm³/mol. The standard InChI is InChI=1S/C20H29NO6/c1-23-16-7-4-13(19(24-2)20(16)25-3)5-9-18(22)21-14-6-8-15-17(12-14)27-11-10-26-15/h4,7,14-15,17H,5-6,8-12H2,1-3H3,(H,21,22)/t14-,15-,17-/m1/s1. The van der Waals surface area contributed by atoms with Crippen molar-refractivity contribution >= 4 is 5.91 Å². The van der Waals surface area contributed by atoms with Crippen molar-refractivity contribution in [3.63, 3.8) is 0 Å². The highest BCUT2D eigenvalue weighted by molar-refractivity contribution is 5.76. The number of rotatable bonds is 7. The lowest BCUT2D eigenvalue weighted by Crippen LogP contribution is -2.49. The van der Waals surface area contributed by atoms with Crippen LogP contribution >= 0.6 is 0 Å². The molecule has 1 aliphatic heterocycles. The molecule has 1 aromatic carbocycles. The first kappa shape index (κ1) is 19.8. The lowest BCUT2D eigenvalue weighted by atomic mass is 9.89. The third-order valence-corrected chi connectivity index (χ3v) is 5.25. The second kappa shape index (κ2) is 9.28. The minimum absolute atomic E-state index is 0.0343. The number of carbonyl (C=O) groups excluding carboxylic acids is 1. The van der Waals surface area contributed by atoms with Crippen molar-refractivity contribution in [1.82, 2.24) is 5.32 Å². The van der Waals surface area contributed by atoms with E-state index in [4.69, 9.17) is 23.7 Å². The first-order valence-electron chi connectivity index (χ1n) is 9.46. The van der Waals surface area contributed by atoms with Crippen LogP contribution in [-0.4, -0.2) is 58.7 Å². The summed E-state index contributed by atoms with van der Waals surface area (Å²) >= 11 is 0. The van der Waals surface area contributed by atoms with Gasteiger partial charge in [0.15, 0.2) is 11.5 Å². The first-order chi connectivity index (χ1) is 13.2. The molecule has 1 saturated heterocycles. The second-order valence-electron chi connectivity index (χ2n) is 6.89. The highest BCUT2D eigenvalue weighted by Crippen LogP contribution is 2.40. The van der Waals surface area contributed by atoms with E-state index < -0.39 is 0 Å². The summed E-state index contributed by atoms with van der Waals surface area (Å²) < 4.78 is 27.7. The fraction of sp³-hybridized carbons (Fsp3) is 0.650. The summed E-state index contributed by atoms with van der Waals surface area (Å²) in [6, 6.07) is 3.88. The van der Waals surface area contributed by atoms with E-state index in [2.05, 4.69) is 5.32 Å². The van der Waals surface area contributed by atoms with Gasteiger partial charge >= 0.3 is 0 Å². The number of nitrogens with one attached hydrogen (secondary N) is 1. The molecule has 7 nitrogen and oxygen atoms in total. The Hall–Kier alpha value is -1.99. The van der Waals surface area contributed by atoms with Crippen LogP contribution < -0.4 is 19.5 Å². The number of hydrogen-bond donors (Lipinski definition) is 1. The number of carbonyl (C=O) groups is 1. The molecule has 1 heterocycles. The maximum absolute atomic E-state index is 12.4. The minimum Gasteiger partial charge on any atom is -0.493 e. The summed E-state index contributed by atoms with van der Waals surface area (Å²) in [5, 5.41) is 3.14. The van der Waals surface area contributed by atoms with Gasteiger partial charge in [0.25, 0.3) is 0 Å². The Kier molecular flexibility index (Phi) is 6.79. The monoisotopic (exact) mass is 379 g/mol. The van der Waals surface area contributed by atoms with E-state index in [0.717, 1.165) is 24.8 Å². The average Bonchev–Trinajstić information content (AvgIpc) is 2.71. The highest BCUT2D eigenvalue weighted by Gasteiger charge is 2.34. The molecule has 0 radical (unpaired) electrons. The van der Waals surface area contributed by atoms with E-state index in [-0.39, 0.29) is 24.2 Å². The van der Waals surface area contributed by atoms with Gasteiger partial charge in [0, 0.05) is 12.5 Å². The normalized spacial score (nSPS) is 24.6. The molecule has 2 fully saturated rings. The van der Waals surface area contributed by atoms with Crippen LogP contribution in [0.5, 0.6) is 17.2 Å². The van der Waals surface area contributed by atoms with Crippen LogP contribution in [-0.2, 0) is 20.7 Å². The van der Waals surface area contributed by atoms with Crippen molar-refractivity contribution in [2.75, 3.05) is 34.5 Å². The Balaban J connectivity index is 1.55. The van der Waals surface area contributed by atoms with Crippen LogP contribution in [0.3, 0.4) is 0 Å². The molecule has 2 aliphatic rings. The lowest BCUT2D eigenvalue weighted by molar-refractivity contribution is -0.158. The van der Waals surface area contributed by atoms with Gasteiger partial charge < -0.3 is 29.0 Å².